The van der Waals surface area contributed by atoms with E-state index in [1.54, 1.807) is 0 Å². The zero-order valence-electron chi connectivity index (χ0n) is 16.5. The fourth-order valence-corrected chi connectivity index (χ4v) is 3.25. The molecule has 1 aliphatic heterocycles. The third-order valence-electron chi connectivity index (χ3n) is 5.08. The van der Waals surface area contributed by atoms with E-state index in [0.717, 1.165) is 52.0 Å². The Morgan fingerprint density at radius 3 is 2.08 bits per heavy atom. The van der Waals surface area contributed by atoms with Crippen molar-refractivity contribution in [2.45, 2.75) is 59.0 Å². The van der Waals surface area contributed by atoms with Crippen LogP contribution in [0.25, 0.3) is 0 Å². The standard InChI is InChI=1S/C19H36N4O2/c1-5-16(4)20-18(24)13-21-8-10-22(11-9-21)14-19(25)23(12-15(2)3)17-6-7-17/h15-17H,5-14H2,1-4H3,(H,20,24). The zero-order chi connectivity index (χ0) is 18.4. The maximum atomic E-state index is 12.6. The maximum Gasteiger partial charge on any atom is 0.237 e. The van der Waals surface area contributed by atoms with Gasteiger partial charge in [-0.3, -0.25) is 19.4 Å². The Morgan fingerprint density at radius 2 is 1.60 bits per heavy atom. The Balaban J connectivity index is 1.70. The third-order valence-corrected chi connectivity index (χ3v) is 5.08. The molecular weight excluding hydrogens is 316 g/mol. The van der Waals surface area contributed by atoms with Crippen LogP contribution in [-0.2, 0) is 9.59 Å². The van der Waals surface area contributed by atoms with Gasteiger partial charge in [0.25, 0.3) is 0 Å². The first-order valence-corrected chi connectivity index (χ1v) is 9.92. The second-order valence-electron chi connectivity index (χ2n) is 8.10. The molecule has 1 unspecified atom stereocenters. The van der Waals surface area contributed by atoms with E-state index in [1.807, 2.05) is 6.92 Å². The minimum absolute atomic E-state index is 0.107. The van der Waals surface area contributed by atoms with Crippen molar-refractivity contribution in [3.8, 4) is 0 Å². The summed E-state index contributed by atoms with van der Waals surface area (Å²) in [6.07, 6.45) is 3.28. The molecule has 1 saturated heterocycles. The van der Waals surface area contributed by atoms with E-state index in [-0.39, 0.29) is 17.9 Å². The molecule has 1 heterocycles. The molecule has 2 aliphatic rings. The predicted octanol–water partition coefficient (Wildman–Crippen LogP) is 1.17. The molecular formula is C19H36N4O2. The Labute approximate surface area is 152 Å². The van der Waals surface area contributed by atoms with E-state index in [0.29, 0.717) is 25.0 Å². The first kappa shape index (κ1) is 20.2. The van der Waals surface area contributed by atoms with Crippen molar-refractivity contribution in [2.24, 2.45) is 5.92 Å². The number of nitrogens with zero attached hydrogens (tertiary/aromatic N) is 3. The highest BCUT2D eigenvalue weighted by Gasteiger charge is 2.33. The van der Waals surface area contributed by atoms with Gasteiger partial charge in [0.2, 0.25) is 11.8 Å². The van der Waals surface area contributed by atoms with Crippen LogP contribution in [0.4, 0.5) is 0 Å². The molecule has 25 heavy (non-hydrogen) atoms. The van der Waals surface area contributed by atoms with Crippen LogP contribution < -0.4 is 5.32 Å². The van der Waals surface area contributed by atoms with E-state index < -0.39 is 0 Å². The first-order chi connectivity index (χ1) is 11.9. The molecule has 0 bridgehead atoms. The Bertz CT molecular complexity index is 443. The van der Waals surface area contributed by atoms with E-state index in [9.17, 15) is 9.59 Å². The van der Waals surface area contributed by atoms with Crippen LogP contribution in [0.15, 0.2) is 0 Å². The summed E-state index contributed by atoms with van der Waals surface area (Å²) in [6.45, 7) is 13.8. The lowest BCUT2D eigenvalue weighted by atomic mass is 10.2. The van der Waals surface area contributed by atoms with Gasteiger partial charge < -0.3 is 10.2 Å². The lowest BCUT2D eigenvalue weighted by Crippen LogP contribution is -2.52. The Morgan fingerprint density at radius 1 is 1.04 bits per heavy atom. The van der Waals surface area contributed by atoms with Gasteiger partial charge in [0, 0.05) is 44.8 Å². The van der Waals surface area contributed by atoms with Crippen LogP contribution in [-0.4, -0.2) is 84.4 Å². The molecule has 2 amide bonds. The van der Waals surface area contributed by atoms with E-state index in [2.05, 4.69) is 40.8 Å². The molecule has 1 aliphatic carbocycles. The highest BCUT2D eigenvalue weighted by atomic mass is 16.2. The number of carbonyl (C=O) groups is 2. The van der Waals surface area contributed by atoms with Crippen LogP contribution in [0.3, 0.4) is 0 Å². The molecule has 0 aromatic carbocycles. The minimum Gasteiger partial charge on any atom is -0.353 e. The summed E-state index contributed by atoms with van der Waals surface area (Å²) in [4.78, 5) is 31.2. The number of amides is 2. The van der Waals surface area contributed by atoms with Gasteiger partial charge in [0.1, 0.15) is 0 Å². The first-order valence-electron chi connectivity index (χ1n) is 9.92. The number of carbonyl (C=O) groups excluding carboxylic acids is 2. The van der Waals surface area contributed by atoms with Gasteiger partial charge in [-0.25, -0.2) is 0 Å². The number of nitrogens with one attached hydrogen (secondary N) is 1. The van der Waals surface area contributed by atoms with Crippen molar-refractivity contribution in [3.05, 3.63) is 0 Å². The summed E-state index contributed by atoms with van der Waals surface area (Å²) in [6, 6.07) is 0.723. The molecule has 6 heteroatoms. The quantitative estimate of drug-likeness (QED) is 0.677. The molecule has 1 saturated carbocycles. The van der Waals surface area contributed by atoms with Crippen molar-refractivity contribution in [1.82, 2.24) is 20.0 Å². The smallest absolute Gasteiger partial charge is 0.237 e. The number of piperazine rings is 1. The second kappa shape index (κ2) is 9.53. The molecule has 0 spiro atoms. The van der Waals surface area contributed by atoms with E-state index >= 15 is 0 Å². The summed E-state index contributed by atoms with van der Waals surface area (Å²) < 4.78 is 0. The van der Waals surface area contributed by atoms with Crippen molar-refractivity contribution in [2.75, 3.05) is 45.8 Å². The summed E-state index contributed by atoms with van der Waals surface area (Å²) in [7, 11) is 0. The minimum atomic E-state index is 0.107. The summed E-state index contributed by atoms with van der Waals surface area (Å²) in [5, 5.41) is 3.02. The molecule has 6 nitrogen and oxygen atoms in total. The number of hydrogen-bond acceptors (Lipinski definition) is 4. The van der Waals surface area contributed by atoms with Crippen molar-refractivity contribution < 1.29 is 9.59 Å². The lowest BCUT2D eigenvalue weighted by molar-refractivity contribution is -0.134. The maximum absolute atomic E-state index is 12.6. The van der Waals surface area contributed by atoms with Crippen molar-refractivity contribution in [3.63, 3.8) is 0 Å². The van der Waals surface area contributed by atoms with Gasteiger partial charge in [-0.15, -0.1) is 0 Å². The molecule has 2 rings (SSSR count). The Kier molecular flexibility index (Phi) is 7.69. The number of hydrogen-bond donors (Lipinski definition) is 1. The van der Waals surface area contributed by atoms with Gasteiger partial charge in [-0.2, -0.15) is 0 Å². The molecule has 1 N–H and O–H groups in total. The lowest BCUT2D eigenvalue weighted by Gasteiger charge is -2.35. The fraction of sp³-hybridized carbons (Fsp3) is 0.895. The molecule has 0 aromatic rings. The van der Waals surface area contributed by atoms with Gasteiger partial charge in [-0.1, -0.05) is 20.8 Å². The molecule has 144 valence electrons. The van der Waals surface area contributed by atoms with Crippen LogP contribution in [0.1, 0.15) is 47.0 Å². The van der Waals surface area contributed by atoms with Crippen LogP contribution >= 0.6 is 0 Å². The normalized spacial score (nSPS) is 20.5. The molecule has 1 atom stereocenters. The molecule has 0 aromatic heterocycles. The third kappa shape index (κ3) is 6.94. The van der Waals surface area contributed by atoms with Crippen molar-refractivity contribution in [1.29, 1.82) is 0 Å². The van der Waals surface area contributed by atoms with Gasteiger partial charge >= 0.3 is 0 Å². The highest BCUT2D eigenvalue weighted by Crippen LogP contribution is 2.27. The largest absolute Gasteiger partial charge is 0.353 e. The van der Waals surface area contributed by atoms with Crippen LogP contribution in [0.2, 0.25) is 0 Å². The average Bonchev–Trinajstić information content (AvgIpc) is 3.38. The van der Waals surface area contributed by atoms with Crippen LogP contribution in [0.5, 0.6) is 0 Å². The summed E-state index contributed by atoms with van der Waals surface area (Å²) >= 11 is 0. The van der Waals surface area contributed by atoms with Gasteiger partial charge in [0.15, 0.2) is 0 Å². The predicted molar refractivity (Wildman–Crippen MR) is 100 cm³/mol. The summed E-state index contributed by atoms with van der Waals surface area (Å²) in [5.41, 5.74) is 0. The monoisotopic (exact) mass is 352 g/mol. The topological polar surface area (TPSA) is 55.9 Å². The van der Waals surface area contributed by atoms with Crippen LogP contribution in [0, 0.1) is 5.92 Å². The molecule has 0 radical (unpaired) electrons. The van der Waals surface area contributed by atoms with Gasteiger partial charge in [0.05, 0.1) is 13.1 Å². The van der Waals surface area contributed by atoms with Gasteiger partial charge in [-0.05, 0) is 32.1 Å². The second-order valence-corrected chi connectivity index (χ2v) is 8.10. The summed E-state index contributed by atoms with van der Waals surface area (Å²) in [5.74, 6) is 0.903. The molecule has 2 fully saturated rings. The van der Waals surface area contributed by atoms with E-state index in [4.69, 9.17) is 0 Å². The van der Waals surface area contributed by atoms with Crippen molar-refractivity contribution >= 4 is 11.8 Å². The fourth-order valence-electron chi connectivity index (χ4n) is 3.25. The van der Waals surface area contributed by atoms with E-state index in [1.165, 1.54) is 0 Å². The number of rotatable bonds is 9. The Hall–Kier alpha value is -1.14. The average molecular weight is 353 g/mol. The highest BCUT2D eigenvalue weighted by molar-refractivity contribution is 5.79. The SMILES string of the molecule is CCC(C)NC(=O)CN1CCN(CC(=O)N(CC(C)C)C2CC2)CC1. The zero-order valence-corrected chi connectivity index (χ0v) is 16.5.